The summed E-state index contributed by atoms with van der Waals surface area (Å²) in [4.78, 5) is 12.7. The second-order valence-corrected chi connectivity index (χ2v) is 8.67. The van der Waals surface area contributed by atoms with Gasteiger partial charge in [0.15, 0.2) is 6.10 Å². The second kappa shape index (κ2) is 8.60. The van der Waals surface area contributed by atoms with Crippen LogP contribution in [0.25, 0.3) is 0 Å². The van der Waals surface area contributed by atoms with Gasteiger partial charge in [0.1, 0.15) is 23.9 Å². The minimum absolute atomic E-state index is 0.0895. The van der Waals surface area contributed by atoms with Gasteiger partial charge in [0.25, 0.3) is 5.91 Å². The average Bonchev–Trinajstić information content (AvgIpc) is 2.71. The Morgan fingerprint density at radius 1 is 1.21 bits per heavy atom. The van der Waals surface area contributed by atoms with Crippen molar-refractivity contribution in [2.75, 3.05) is 30.8 Å². The Hall–Kier alpha value is -2.94. The molecule has 2 aromatic carbocycles. The number of hydrogen-bond acceptors (Lipinski definition) is 6. The summed E-state index contributed by atoms with van der Waals surface area (Å²) in [5.41, 5.74) is 0.426. The molecular weight excluding hydrogens is 396 g/mol. The van der Waals surface area contributed by atoms with Gasteiger partial charge in [-0.15, -0.1) is 0 Å². The largest absolute Gasteiger partial charge is 0.497 e. The zero-order valence-corrected chi connectivity index (χ0v) is 17.3. The summed E-state index contributed by atoms with van der Waals surface area (Å²) >= 11 is 0. The number of nitrogens with one attached hydrogen (secondary N) is 1. The number of para-hydroxylation sites is 2. The van der Waals surface area contributed by atoms with Gasteiger partial charge in [0.05, 0.1) is 31.6 Å². The zero-order chi connectivity index (χ0) is 21.0. The van der Waals surface area contributed by atoms with Crippen LogP contribution in [0.15, 0.2) is 48.5 Å². The summed E-state index contributed by atoms with van der Waals surface area (Å²) in [5.74, 6) is 1.33. The Kier molecular flexibility index (Phi) is 6.17. The molecule has 0 bridgehead atoms. The Bertz CT molecular complexity index is 961. The first kappa shape index (κ1) is 20.8. The molecule has 1 N–H and O–H groups in total. The van der Waals surface area contributed by atoms with Crippen LogP contribution in [0.5, 0.6) is 17.2 Å². The van der Waals surface area contributed by atoms with Crippen molar-refractivity contribution in [2.45, 2.75) is 19.1 Å². The van der Waals surface area contributed by atoms with Crippen LogP contribution < -0.4 is 23.8 Å². The number of ether oxygens (including phenoxy) is 3. The summed E-state index contributed by atoms with van der Waals surface area (Å²) in [7, 11) is -1.96. The van der Waals surface area contributed by atoms with Gasteiger partial charge in [0.2, 0.25) is 10.0 Å². The van der Waals surface area contributed by atoms with Gasteiger partial charge < -0.3 is 19.5 Å². The maximum atomic E-state index is 12.7. The topological polar surface area (TPSA) is 94.2 Å². The number of anilines is 1. The lowest BCUT2D eigenvalue weighted by atomic mass is 10.2. The molecule has 2 atom stereocenters. The van der Waals surface area contributed by atoms with Crippen molar-refractivity contribution in [3.63, 3.8) is 0 Å². The molecule has 8 nitrogen and oxygen atoms in total. The smallest absolute Gasteiger partial charge is 0.263 e. The lowest BCUT2D eigenvalue weighted by Gasteiger charge is -2.34. The van der Waals surface area contributed by atoms with Crippen LogP contribution in [-0.2, 0) is 14.8 Å². The fourth-order valence-corrected chi connectivity index (χ4v) is 3.84. The molecule has 9 heteroatoms. The molecule has 0 saturated heterocycles. The van der Waals surface area contributed by atoms with Gasteiger partial charge in [-0.2, -0.15) is 0 Å². The van der Waals surface area contributed by atoms with Crippen LogP contribution in [0.4, 0.5) is 5.69 Å². The number of fused-ring (bicyclic) bond motifs is 1. The van der Waals surface area contributed by atoms with E-state index in [4.69, 9.17) is 14.2 Å². The molecule has 0 unspecified atom stereocenters. The monoisotopic (exact) mass is 420 g/mol. The Morgan fingerprint density at radius 2 is 1.86 bits per heavy atom. The van der Waals surface area contributed by atoms with Crippen LogP contribution in [0.3, 0.4) is 0 Å². The minimum Gasteiger partial charge on any atom is -0.497 e. The molecule has 0 aliphatic carbocycles. The van der Waals surface area contributed by atoms with Crippen molar-refractivity contribution in [1.82, 2.24) is 5.32 Å². The molecule has 1 aliphatic heterocycles. The number of nitrogens with zero attached hydrogens (tertiary/aromatic N) is 1. The summed E-state index contributed by atoms with van der Waals surface area (Å²) in [5, 5.41) is 2.81. The van der Waals surface area contributed by atoms with E-state index in [2.05, 4.69) is 5.32 Å². The van der Waals surface area contributed by atoms with Crippen LogP contribution in [-0.4, -0.2) is 53.0 Å². The summed E-state index contributed by atoms with van der Waals surface area (Å²) in [6.45, 7) is 1.96. The number of carbonyl (C=O) groups is 1. The molecular formula is C20H24N2O6S. The Labute approximate surface area is 170 Å². The highest BCUT2D eigenvalue weighted by atomic mass is 32.2. The molecule has 0 aromatic heterocycles. The molecule has 29 heavy (non-hydrogen) atoms. The SMILES string of the molecule is COc1ccc(OC[C@@H](C)NC(=O)[C@H]2CN(S(C)(=O)=O)c3ccccc3O2)cc1. The molecule has 1 heterocycles. The number of rotatable bonds is 7. The van der Waals surface area contributed by atoms with Gasteiger partial charge >= 0.3 is 0 Å². The van der Waals surface area contributed by atoms with Gasteiger partial charge in [-0.1, -0.05) is 12.1 Å². The third-order valence-electron chi connectivity index (χ3n) is 4.38. The Morgan fingerprint density at radius 3 is 2.52 bits per heavy atom. The molecule has 0 spiro atoms. The molecule has 156 valence electrons. The highest BCUT2D eigenvalue weighted by Crippen LogP contribution is 2.34. The van der Waals surface area contributed by atoms with Gasteiger partial charge in [-0.3, -0.25) is 9.10 Å². The van der Waals surface area contributed by atoms with Crippen molar-refractivity contribution in [2.24, 2.45) is 0 Å². The number of hydrogen-bond donors (Lipinski definition) is 1. The van der Waals surface area contributed by atoms with E-state index in [0.717, 1.165) is 12.0 Å². The van der Waals surface area contributed by atoms with Crippen LogP contribution in [0.1, 0.15) is 6.92 Å². The maximum absolute atomic E-state index is 12.7. The van der Waals surface area contributed by atoms with Crippen molar-refractivity contribution in [1.29, 1.82) is 0 Å². The van der Waals surface area contributed by atoms with Crippen LogP contribution in [0.2, 0.25) is 0 Å². The Balaban J connectivity index is 1.61. The van der Waals surface area contributed by atoms with E-state index in [9.17, 15) is 13.2 Å². The molecule has 0 saturated carbocycles. The van der Waals surface area contributed by atoms with E-state index in [1.54, 1.807) is 62.6 Å². The quantitative estimate of drug-likeness (QED) is 0.734. The third-order valence-corrected chi connectivity index (χ3v) is 5.52. The first-order valence-electron chi connectivity index (χ1n) is 9.08. The lowest BCUT2D eigenvalue weighted by molar-refractivity contribution is -0.128. The predicted molar refractivity (Wildman–Crippen MR) is 109 cm³/mol. The van der Waals surface area contributed by atoms with Crippen LogP contribution >= 0.6 is 0 Å². The number of sulfonamides is 1. The predicted octanol–water partition coefficient (Wildman–Crippen LogP) is 1.81. The molecule has 1 aliphatic rings. The zero-order valence-electron chi connectivity index (χ0n) is 16.5. The fraction of sp³-hybridized carbons (Fsp3) is 0.350. The van der Waals surface area contributed by atoms with Crippen molar-refractivity contribution in [3.8, 4) is 17.2 Å². The van der Waals surface area contributed by atoms with Gasteiger partial charge in [0, 0.05) is 0 Å². The first-order chi connectivity index (χ1) is 13.8. The maximum Gasteiger partial charge on any atom is 0.263 e. The average molecular weight is 420 g/mol. The summed E-state index contributed by atoms with van der Waals surface area (Å²) in [6.07, 6.45) is 0.151. The standard InChI is InChI=1S/C20H24N2O6S/c1-14(13-27-16-10-8-15(26-2)9-11-16)21-20(23)19-12-22(29(3,24)25)17-6-4-5-7-18(17)28-19/h4-11,14,19H,12-13H2,1-3H3,(H,21,23)/t14-,19-/m1/s1. The number of benzene rings is 2. The van der Waals surface area contributed by atoms with Crippen molar-refractivity contribution in [3.05, 3.63) is 48.5 Å². The van der Waals surface area contributed by atoms with E-state index >= 15 is 0 Å². The molecule has 0 radical (unpaired) electrons. The number of methoxy groups -OCH3 is 1. The second-order valence-electron chi connectivity index (χ2n) is 6.76. The summed E-state index contributed by atoms with van der Waals surface area (Å²) in [6, 6.07) is 13.6. The normalized spacial score (nSPS) is 16.9. The van der Waals surface area contributed by atoms with Gasteiger partial charge in [-0.25, -0.2) is 8.42 Å². The molecule has 3 rings (SSSR count). The highest BCUT2D eigenvalue weighted by molar-refractivity contribution is 7.92. The minimum atomic E-state index is -3.55. The third kappa shape index (κ3) is 5.11. The van der Waals surface area contributed by atoms with Crippen LogP contribution in [0, 0.1) is 0 Å². The van der Waals surface area contributed by atoms with Gasteiger partial charge in [-0.05, 0) is 43.3 Å². The first-order valence-corrected chi connectivity index (χ1v) is 10.9. The molecule has 0 fully saturated rings. The highest BCUT2D eigenvalue weighted by Gasteiger charge is 2.35. The fourth-order valence-electron chi connectivity index (χ4n) is 2.92. The lowest BCUT2D eigenvalue weighted by Crippen LogP contribution is -2.52. The summed E-state index contributed by atoms with van der Waals surface area (Å²) < 4.78 is 42.0. The van der Waals surface area contributed by atoms with E-state index in [0.29, 0.717) is 17.2 Å². The van der Waals surface area contributed by atoms with Crippen molar-refractivity contribution < 1.29 is 27.4 Å². The molecule has 2 aromatic rings. The van der Waals surface area contributed by atoms with E-state index in [-0.39, 0.29) is 19.2 Å². The van der Waals surface area contributed by atoms with E-state index < -0.39 is 22.0 Å². The van der Waals surface area contributed by atoms with E-state index in [1.807, 2.05) is 0 Å². The van der Waals surface area contributed by atoms with Crippen molar-refractivity contribution >= 4 is 21.6 Å². The molecule has 1 amide bonds. The number of carbonyl (C=O) groups excluding carboxylic acids is 1. The van der Waals surface area contributed by atoms with E-state index in [1.165, 1.54) is 4.31 Å². The number of amides is 1.